The van der Waals surface area contributed by atoms with Crippen molar-refractivity contribution >= 4 is 11.6 Å². The fraction of sp³-hybridized carbons (Fsp3) is 0.111. The Bertz CT molecular complexity index is 238. The zero-order valence-electron chi connectivity index (χ0n) is 6.25. The molecule has 0 fully saturated rings. The van der Waals surface area contributed by atoms with Gasteiger partial charge >= 0.3 is 0 Å². The molecule has 0 bridgehead atoms. The van der Waals surface area contributed by atoms with Crippen molar-refractivity contribution in [1.82, 2.24) is 0 Å². The SMILES string of the molecule is CC=COc1ccc(Cl)cc1. The van der Waals surface area contributed by atoms with Gasteiger partial charge in [0.1, 0.15) is 5.75 Å². The molecule has 2 heteroatoms. The molecule has 1 aromatic rings. The van der Waals surface area contributed by atoms with Crippen LogP contribution in [-0.4, -0.2) is 0 Å². The molecule has 1 nitrogen and oxygen atoms in total. The lowest BCUT2D eigenvalue weighted by Crippen LogP contribution is -1.79. The third-order valence-electron chi connectivity index (χ3n) is 1.15. The lowest BCUT2D eigenvalue weighted by molar-refractivity contribution is 0.480. The number of hydrogen-bond donors (Lipinski definition) is 0. The summed E-state index contributed by atoms with van der Waals surface area (Å²) in [5.74, 6) is 0.799. The molecule has 0 aliphatic heterocycles. The second-order valence-electron chi connectivity index (χ2n) is 2.04. The summed E-state index contributed by atoms with van der Waals surface area (Å²) in [6.07, 6.45) is 3.46. The topological polar surface area (TPSA) is 9.23 Å². The number of halogens is 1. The standard InChI is InChI=1S/C9H9ClO/c1-2-7-11-9-5-3-8(10)4-6-9/h2-7H,1H3. The molecule has 0 spiro atoms. The second kappa shape index (κ2) is 4.04. The van der Waals surface area contributed by atoms with Gasteiger partial charge in [0.2, 0.25) is 0 Å². The average molecular weight is 169 g/mol. The Morgan fingerprint density at radius 1 is 1.27 bits per heavy atom. The van der Waals surface area contributed by atoms with E-state index in [1.807, 2.05) is 25.1 Å². The largest absolute Gasteiger partial charge is 0.465 e. The molecule has 0 unspecified atom stereocenters. The number of hydrogen-bond acceptors (Lipinski definition) is 1. The van der Waals surface area contributed by atoms with Crippen molar-refractivity contribution in [3.8, 4) is 5.75 Å². The highest BCUT2D eigenvalue weighted by Gasteiger charge is 1.88. The van der Waals surface area contributed by atoms with Crippen LogP contribution in [0, 0.1) is 0 Å². The zero-order chi connectivity index (χ0) is 8.10. The van der Waals surface area contributed by atoms with E-state index >= 15 is 0 Å². The Hall–Kier alpha value is -0.950. The van der Waals surface area contributed by atoms with Gasteiger partial charge in [-0.2, -0.15) is 0 Å². The average Bonchev–Trinajstić information content (AvgIpc) is 2.04. The molecule has 0 atom stereocenters. The first-order valence-electron chi connectivity index (χ1n) is 3.36. The summed E-state index contributed by atoms with van der Waals surface area (Å²) in [5.41, 5.74) is 0. The molecule has 0 radical (unpaired) electrons. The maximum Gasteiger partial charge on any atom is 0.126 e. The second-order valence-corrected chi connectivity index (χ2v) is 2.48. The molecule has 1 rings (SSSR count). The van der Waals surface area contributed by atoms with E-state index in [-0.39, 0.29) is 0 Å². The molecule has 0 aromatic heterocycles. The van der Waals surface area contributed by atoms with E-state index in [1.54, 1.807) is 18.4 Å². The lowest BCUT2D eigenvalue weighted by atomic mass is 10.3. The Morgan fingerprint density at radius 2 is 1.91 bits per heavy atom. The highest BCUT2D eigenvalue weighted by Crippen LogP contribution is 2.15. The molecule has 0 amide bonds. The molecule has 11 heavy (non-hydrogen) atoms. The zero-order valence-corrected chi connectivity index (χ0v) is 7.01. The Balaban J connectivity index is 2.66. The van der Waals surface area contributed by atoms with E-state index in [0.717, 1.165) is 10.8 Å². The van der Waals surface area contributed by atoms with E-state index in [4.69, 9.17) is 16.3 Å². The Kier molecular flexibility index (Phi) is 2.99. The van der Waals surface area contributed by atoms with E-state index in [2.05, 4.69) is 0 Å². The van der Waals surface area contributed by atoms with Crippen LogP contribution in [-0.2, 0) is 0 Å². The van der Waals surface area contributed by atoms with Crippen molar-refractivity contribution in [2.45, 2.75) is 6.92 Å². The smallest absolute Gasteiger partial charge is 0.126 e. The maximum absolute atomic E-state index is 5.67. The molecule has 0 saturated heterocycles. The Morgan fingerprint density at radius 3 is 2.45 bits per heavy atom. The van der Waals surface area contributed by atoms with Gasteiger partial charge in [-0.15, -0.1) is 0 Å². The van der Waals surface area contributed by atoms with Crippen molar-refractivity contribution in [2.75, 3.05) is 0 Å². The molecule has 0 saturated carbocycles. The minimum absolute atomic E-state index is 0.720. The van der Waals surface area contributed by atoms with Gasteiger partial charge in [0.05, 0.1) is 6.26 Å². The number of ether oxygens (including phenoxy) is 1. The van der Waals surface area contributed by atoms with Crippen molar-refractivity contribution < 1.29 is 4.74 Å². The van der Waals surface area contributed by atoms with Crippen molar-refractivity contribution in [3.05, 3.63) is 41.6 Å². The quantitative estimate of drug-likeness (QED) is 0.616. The van der Waals surface area contributed by atoms with Crippen LogP contribution in [0.4, 0.5) is 0 Å². The van der Waals surface area contributed by atoms with Crippen LogP contribution in [0.25, 0.3) is 0 Å². The first-order valence-corrected chi connectivity index (χ1v) is 3.74. The van der Waals surface area contributed by atoms with Crippen molar-refractivity contribution in [1.29, 1.82) is 0 Å². The summed E-state index contributed by atoms with van der Waals surface area (Å²) in [6.45, 7) is 1.90. The summed E-state index contributed by atoms with van der Waals surface area (Å²) < 4.78 is 5.17. The summed E-state index contributed by atoms with van der Waals surface area (Å²) in [7, 11) is 0. The van der Waals surface area contributed by atoms with Crippen molar-refractivity contribution in [2.24, 2.45) is 0 Å². The molecule has 58 valence electrons. The van der Waals surface area contributed by atoms with Crippen molar-refractivity contribution in [3.63, 3.8) is 0 Å². The first-order chi connectivity index (χ1) is 5.33. The molecule has 0 aliphatic rings. The van der Waals surface area contributed by atoms with Gasteiger partial charge in [0.15, 0.2) is 0 Å². The number of rotatable bonds is 2. The fourth-order valence-corrected chi connectivity index (χ4v) is 0.786. The summed E-state index contributed by atoms with van der Waals surface area (Å²) >= 11 is 5.67. The van der Waals surface area contributed by atoms with Gasteiger partial charge in [-0.3, -0.25) is 0 Å². The first kappa shape index (κ1) is 8.15. The predicted octanol–water partition coefficient (Wildman–Crippen LogP) is 3.25. The van der Waals surface area contributed by atoms with Gasteiger partial charge < -0.3 is 4.74 Å². The van der Waals surface area contributed by atoms with Crippen LogP contribution in [0.1, 0.15) is 6.92 Å². The number of allylic oxidation sites excluding steroid dienone is 1. The summed E-state index contributed by atoms with van der Waals surface area (Å²) in [5, 5.41) is 0.720. The van der Waals surface area contributed by atoms with E-state index < -0.39 is 0 Å². The van der Waals surface area contributed by atoms with Gasteiger partial charge in [0, 0.05) is 5.02 Å². The van der Waals surface area contributed by atoms with E-state index in [1.165, 1.54) is 0 Å². The van der Waals surface area contributed by atoms with Crippen LogP contribution in [0.2, 0.25) is 5.02 Å². The molecular formula is C9H9ClO. The number of benzene rings is 1. The third-order valence-corrected chi connectivity index (χ3v) is 1.41. The van der Waals surface area contributed by atoms with Gasteiger partial charge in [0.25, 0.3) is 0 Å². The van der Waals surface area contributed by atoms with Gasteiger partial charge in [-0.1, -0.05) is 17.7 Å². The van der Waals surface area contributed by atoms with Gasteiger partial charge in [-0.05, 0) is 31.2 Å². The van der Waals surface area contributed by atoms with E-state index in [0.29, 0.717) is 0 Å². The predicted molar refractivity (Wildman–Crippen MR) is 46.9 cm³/mol. The van der Waals surface area contributed by atoms with Crippen LogP contribution >= 0.6 is 11.6 Å². The third kappa shape index (κ3) is 2.64. The molecule has 1 aromatic carbocycles. The molecule has 0 aliphatic carbocycles. The molecule has 0 heterocycles. The van der Waals surface area contributed by atoms with Gasteiger partial charge in [-0.25, -0.2) is 0 Å². The molecule has 0 N–H and O–H groups in total. The highest BCUT2D eigenvalue weighted by atomic mass is 35.5. The minimum Gasteiger partial charge on any atom is -0.465 e. The van der Waals surface area contributed by atoms with Crippen LogP contribution in [0.5, 0.6) is 5.75 Å². The lowest BCUT2D eigenvalue weighted by Gasteiger charge is -1.97. The van der Waals surface area contributed by atoms with Crippen LogP contribution < -0.4 is 4.74 Å². The van der Waals surface area contributed by atoms with E-state index in [9.17, 15) is 0 Å². The fourth-order valence-electron chi connectivity index (χ4n) is 0.660. The summed E-state index contributed by atoms with van der Waals surface area (Å²) in [6, 6.07) is 7.23. The highest BCUT2D eigenvalue weighted by molar-refractivity contribution is 6.30. The van der Waals surface area contributed by atoms with Crippen LogP contribution in [0.15, 0.2) is 36.6 Å². The normalized spacial score (nSPS) is 10.4. The Labute approximate surface area is 71.3 Å². The molecular weight excluding hydrogens is 160 g/mol. The maximum atomic E-state index is 5.67. The minimum atomic E-state index is 0.720. The summed E-state index contributed by atoms with van der Waals surface area (Å²) in [4.78, 5) is 0. The monoisotopic (exact) mass is 168 g/mol. The van der Waals surface area contributed by atoms with Crippen LogP contribution in [0.3, 0.4) is 0 Å².